The van der Waals surface area contributed by atoms with Crippen molar-refractivity contribution in [3.63, 3.8) is 0 Å². The van der Waals surface area contributed by atoms with Crippen LogP contribution < -0.4 is 0 Å². The van der Waals surface area contributed by atoms with Crippen LogP contribution in [0.4, 0.5) is 0 Å². The van der Waals surface area contributed by atoms with Crippen molar-refractivity contribution in [2.75, 3.05) is 19.7 Å². The topological polar surface area (TPSA) is 91.1 Å². The lowest BCUT2D eigenvalue weighted by molar-refractivity contribution is 0.0525. The second-order valence-corrected chi connectivity index (χ2v) is 7.07. The summed E-state index contributed by atoms with van der Waals surface area (Å²) in [5.41, 5.74) is 4.77. The minimum atomic E-state index is -0.382. The zero-order chi connectivity index (χ0) is 19.6. The van der Waals surface area contributed by atoms with Crippen molar-refractivity contribution in [3.05, 3.63) is 40.0 Å². The molecule has 7 nitrogen and oxygen atoms in total. The summed E-state index contributed by atoms with van der Waals surface area (Å²) >= 11 is 0. The number of nitrogens with one attached hydrogen (secondary N) is 2. The highest BCUT2D eigenvalue weighted by Crippen LogP contribution is 2.30. The van der Waals surface area contributed by atoms with Crippen LogP contribution in [0.25, 0.3) is 0 Å². The maximum absolute atomic E-state index is 13.0. The summed E-state index contributed by atoms with van der Waals surface area (Å²) in [5.74, 6) is -0.0224. The predicted octanol–water partition coefficient (Wildman–Crippen LogP) is 3.11. The van der Waals surface area contributed by atoms with Gasteiger partial charge in [0.1, 0.15) is 5.69 Å². The molecule has 0 radical (unpaired) electrons. The Hall–Kier alpha value is -2.57. The van der Waals surface area contributed by atoms with Gasteiger partial charge in [0.25, 0.3) is 5.91 Å². The molecule has 3 rings (SSSR count). The average molecular weight is 372 g/mol. The fourth-order valence-corrected chi connectivity index (χ4v) is 3.96. The third kappa shape index (κ3) is 3.63. The summed E-state index contributed by atoms with van der Waals surface area (Å²) in [5, 5.41) is 7.31. The number of hydrogen-bond acceptors (Lipinski definition) is 4. The molecule has 0 bridgehead atoms. The van der Waals surface area contributed by atoms with Gasteiger partial charge in [-0.15, -0.1) is 0 Å². The van der Waals surface area contributed by atoms with E-state index in [1.54, 1.807) is 20.8 Å². The Bertz CT molecular complexity index is 828. The zero-order valence-electron chi connectivity index (χ0n) is 16.5. The number of aryl methyl sites for hydroxylation is 2. The molecule has 27 heavy (non-hydrogen) atoms. The third-order valence-corrected chi connectivity index (χ3v) is 5.45. The van der Waals surface area contributed by atoms with Crippen molar-refractivity contribution in [3.8, 4) is 0 Å². The number of esters is 1. The molecule has 1 saturated heterocycles. The van der Waals surface area contributed by atoms with Gasteiger partial charge in [-0.1, -0.05) is 6.92 Å². The molecule has 7 heteroatoms. The molecular weight excluding hydrogens is 344 g/mol. The number of likely N-dealkylation sites (tertiary alicyclic amines) is 1. The van der Waals surface area contributed by atoms with Gasteiger partial charge in [-0.2, -0.15) is 5.10 Å². The van der Waals surface area contributed by atoms with Gasteiger partial charge < -0.3 is 14.6 Å². The second-order valence-electron chi connectivity index (χ2n) is 7.07. The Labute approximate surface area is 159 Å². The van der Waals surface area contributed by atoms with E-state index in [4.69, 9.17) is 4.74 Å². The molecule has 0 unspecified atom stereocenters. The molecule has 1 amide bonds. The van der Waals surface area contributed by atoms with E-state index in [9.17, 15) is 9.59 Å². The van der Waals surface area contributed by atoms with E-state index < -0.39 is 0 Å². The van der Waals surface area contributed by atoms with Gasteiger partial charge >= 0.3 is 5.97 Å². The number of rotatable bonds is 5. The number of H-pyrrole nitrogens is 2. The molecule has 1 aliphatic rings. The minimum Gasteiger partial charge on any atom is -0.462 e. The maximum atomic E-state index is 13.0. The number of carbonyl (C=O) groups excluding carboxylic acids is 2. The number of carbonyl (C=O) groups is 2. The molecule has 2 N–H and O–H groups in total. The number of ether oxygens (including phenoxy) is 1. The van der Waals surface area contributed by atoms with E-state index in [0.29, 0.717) is 48.1 Å². The molecule has 0 aromatic carbocycles. The number of nitrogens with zero attached hydrogens (tertiary/aromatic N) is 2. The summed E-state index contributed by atoms with van der Waals surface area (Å²) in [6.07, 6.45) is 4.67. The lowest BCUT2D eigenvalue weighted by Gasteiger charge is -2.32. The maximum Gasteiger partial charge on any atom is 0.340 e. The highest BCUT2D eigenvalue weighted by atomic mass is 16.5. The van der Waals surface area contributed by atoms with Gasteiger partial charge in [0.15, 0.2) is 0 Å². The smallest absolute Gasteiger partial charge is 0.340 e. The normalized spacial score (nSPS) is 15.2. The lowest BCUT2D eigenvalue weighted by atomic mass is 9.90. The van der Waals surface area contributed by atoms with E-state index in [-0.39, 0.29) is 11.9 Å². The average Bonchev–Trinajstić information content (AvgIpc) is 3.25. The molecule has 1 aliphatic heterocycles. The first-order valence-corrected chi connectivity index (χ1v) is 9.65. The number of piperidine rings is 1. The van der Waals surface area contributed by atoms with Crippen molar-refractivity contribution in [1.82, 2.24) is 20.1 Å². The summed E-state index contributed by atoms with van der Waals surface area (Å²) in [6, 6.07) is 0. The van der Waals surface area contributed by atoms with Crippen LogP contribution >= 0.6 is 0 Å². The Morgan fingerprint density at radius 1 is 1.26 bits per heavy atom. The van der Waals surface area contributed by atoms with Crippen molar-refractivity contribution in [1.29, 1.82) is 0 Å². The molecule has 2 aromatic rings. The quantitative estimate of drug-likeness (QED) is 0.789. The van der Waals surface area contributed by atoms with Crippen LogP contribution in [0.2, 0.25) is 0 Å². The van der Waals surface area contributed by atoms with Crippen LogP contribution in [-0.4, -0.2) is 51.7 Å². The van der Waals surface area contributed by atoms with Crippen molar-refractivity contribution in [2.24, 2.45) is 0 Å². The van der Waals surface area contributed by atoms with E-state index in [1.807, 2.05) is 11.1 Å². The van der Waals surface area contributed by atoms with Crippen LogP contribution in [0.3, 0.4) is 0 Å². The summed E-state index contributed by atoms with van der Waals surface area (Å²) in [7, 11) is 0. The number of aromatic nitrogens is 3. The Morgan fingerprint density at radius 3 is 2.59 bits per heavy atom. The van der Waals surface area contributed by atoms with Crippen LogP contribution in [0.5, 0.6) is 0 Å². The van der Waals surface area contributed by atoms with Gasteiger partial charge in [-0.05, 0) is 51.2 Å². The van der Waals surface area contributed by atoms with Gasteiger partial charge in [-0.3, -0.25) is 9.89 Å². The molecule has 0 aliphatic carbocycles. The van der Waals surface area contributed by atoms with E-state index in [1.165, 1.54) is 11.3 Å². The standard InChI is InChI=1S/C20H28N4O3/c1-5-14-11-21-23-18(14)15-7-9-24(10-8-15)19(25)17-12(3)16(13(4)22-17)20(26)27-6-2/h11,15,22H,5-10H2,1-4H3,(H,21,23). The Balaban J connectivity index is 1.71. The molecule has 0 atom stereocenters. The molecular formula is C20H28N4O3. The number of hydrogen-bond donors (Lipinski definition) is 2. The monoisotopic (exact) mass is 372 g/mol. The van der Waals surface area contributed by atoms with Crippen molar-refractivity contribution >= 4 is 11.9 Å². The van der Waals surface area contributed by atoms with Gasteiger partial charge in [0.2, 0.25) is 0 Å². The first-order valence-electron chi connectivity index (χ1n) is 9.65. The summed E-state index contributed by atoms with van der Waals surface area (Å²) < 4.78 is 5.11. The molecule has 0 spiro atoms. The fraction of sp³-hybridized carbons (Fsp3) is 0.550. The lowest BCUT2D eigenvalue weighted by Crippen LogP contribution is -2.38. The third-order valence-electron chi connectivity index (χ3n) is 5.45. The van der Waals surface area contributed by atoms with E-state index in [0.717, 1.165) is 19.3 Å². The molecule has 2 aromatic heterocycles. The predicted molar refractivity (Wildman–Crippen MR) is 102 cm³/mol. The first kappa shape index (κ1) is 19.2. The minimum absolute atomic E-state index is 0.0510. The van der Waals surface area contributed by atoms with Gasteiger partial charge in [0, 0.05) is 30.4 Å². The van der Waals surface area contributed by atoms with Crippen molar-refractivity contribution < 1.29 is 14.3 Å². The molecule has 1 fully saturated rings. The van der Waals surface area contributed by atoms with Crippen molar-refractivity contribution in [2.45, 2.75) is 52.9 Å². The molecule has 0 saturated carbocycles. The van der Waals surface area contributed by atoms with Crippen LogP contribution in [0.15, 0.2) is 6.20 Å². The number of amides is 1. The van der Waals surface area contributed by atoms with Crippen LogP contribution in [-0.2, 0) is 11.2 Å². The van der Waals surface area contributed by atoms with Gasteiger partial charge in [-0.25, -0.2) is 4.79 Å². The Morgan fingerprint density at radius 2 is 1.96 bits per heavy atom. The van der Waals surface area contributed by atoms with Gasteiger partial charge in [0.05, 0.1) is 18.4 Å². The van der Waals surface area contributed by atoms with Crippen LogP contribution in [0, 0.1) is 13.8 Å². The fourth-order valence-electron chi connectivity index (χ4n) is 3.96. The first-order chi connectivity index (χ1) is 13.0. The second kappa shape index (κ2) is 7.98. The largest absolute Gasteiger partial charge is 0.462 e. The van der Waals surface area contributed by atoms with Crippen LogP contribution in [0.1, 0.15) is 76.0 Å². The van der Waals surface area contributed by atoms with E-state index in [2.05, 4.69) is 22.1 Å². The highest BCUT2D eigenvalue weighted by molar-refractivity contribution is 6.00. The summed E-state index contributed by atoms with van der Waals surface area (Å²) in [4.78, 5) is 30.1. The van der Waals surface area contributed by atoms with E-state index >= 15 is 0 Å². The SMILES string of the molecule is CCOC(=O)c1c(C)[nH]c(C(=O)N2CCC(c3[nH]ncc3CC)CC2)c1C. The highest BCUT2D eigenvalue weighted by Gasteiger charge is 2.30. The zero-order valence-corrected chi connectivity index (χ0v) is 16.5. The summed E-state index contributed by atoms with van der Waals surface area (Å²) in [6.45, 7) is 9.20. The molecule has 3 heterocycles. The number of aromatic amines is 2. The Kier molecular flexibility index (Phi) is 5.68. The molecule has 146 valence electrons.